The van der Waals surface area contributed by atoms with Crippen molar-refractivity contribution in [1.82, 2.24) is 4.72 Å². The van der Waals surface area contributed by atoms with Gasteiger partial charge in [0.25, 0.3) is 0 Å². The average molecular weight is 463 g/mol. The topological polar surface area (TPSA) is 66.5 Å². The highest BCUT2D eigenvalue weighted by atomic mass is 79.9. The Morgan fingerprint density at radius 1 is 1.18 bits per heavy atom. The third kappa shape index (κ3) is 4.16. The SMILES string of the molecule is CC1Cc2cc(Br)ccc2N1C(=O)CCc1ccc(S(=O)(=O)NC2CC2)cc1. The Kier molecular flexibility index (Phi) is 5.33. The second kappa shape index (κ2) is 7.61. The van der Waals surface area contributed by atoms with Gasteiger partial charge in [-0.05, 0) is 74.1 Å². The Morgan fingerprint density at radius 2 is 1.89 bits per heavy atom. The highest BCUT2D eigenvalue weighted by molar-refractivity contribution is 9.10. The number of nitrogens with one attached hydrogen (secondary N) is 1. The zero-order chi connectivity index (χ0) is 19.9. The van der Waals surface area contributed by atoms with Crippen molar-refractivity contribution in [2.45, 2.75) is 56.0 Å². The summed E-state index contributed by atoms with van der Waals surface area (Å²) in [6.45, 7) is 2.07. The van der Waals surface area contributed by atoms with Crippen molar-refractivity contribution in [3.63, 3.8) is 0 Å². The van der Waals surface area contributed by atoms with E-state index in [9.17, 15) is 13.2 Å². The van der Waals surface area contributed by atoms with Crippen LogP contribution in [0.5, 0.6) is 0 Å². The van der Waals surface area contributed by atoms with E-state index < -0.39 is 10.0 Å². The Hall–Kier alpha value is -1.70. The van der Waals surface area contributed by atoms with Gasteiger partial charge in [0.15, 0.2) is 0 Å². The Bertz CT molecular complexity index is 1000. The minimum atomic E-state index is -3.43. The van der Waals surface area contributed by atoms with Gasteiger partial charge in [0.05, 0.1) is 4.90 Å². The van der Waals surface area contributed by atoms with Crippen LogP contribution in [0.4, 0.5) is 5.69 Å². The van der Waals surface area contributed by atoms with Gasteiger partial charge >= 0.3 is 0 Å². The smallest absolute Gasteiger partial charge is 0.240 e. The van der Waals surface area contributed by atoms with E-state index in [1.807, 2.05) is 17.0 Å². The van der Waals surface area contributed by atoms with Gasteiger partial charge < -0.3 is 4.90 Å². The summed E-state index contributed by atoms with van der Waals surface area (Å²) in [4.78, 5) is 15.0. The molecule has 1 aliphatic carbocycles. The second-order valence-electron chi connectivity index (χ2n) is 7.63. The van der Waals surface area contributed by atoms with Gasteiger partial charge in [-0.2, -0.15) is 0 Å². The van der Waals surface area contributed by atoms with Crippen LogP contribution in [0.15, 0.2) is 51.8 Å². The zero-order valence-electron chi connectivity index (χ0n) is 15.7. The Labute approximate surface area is 174 Å². The lowest BCUT2D eigenvalue weighted by Gasteiger charge is -2.23. The van der Waals surface area contributed by atoms with Crippen LogP contribution >= 0.6 is 15.9 Å². The number of hydrogen-bond donors (Lipinski definition) is 1. The number of halogens is 1. The maximum atomic E-state index is 12.8. The normalized spacial score (nSPS) is 18.9. The molecule has 1 aliphatic heterocycles. The van der Waals surface area contributed by atoms with Gasteiger partial charge in [-0.1, -0.05) is 28.1 Å². The van der Waals surface area contributed by atoms with Gasteiger partial charge in [0.2, 0.25) is 15.9 Å². The molecule has 1 fully saturated rings. The lowest BCUT2D eigenvalue weighted by molar-refractivity contribution is -0.118. The van der Waals surface area contributed by atoms with Gasteiger partial charge in [-0.3, -0.25) is 4.79 Å². The van der Waals surface area contributed by atoms with Crippen LogP contribution in [-0.4, -0.2) is 26.4 Å². The van der Waals surface area contributed by atoms with Gasteiger partial charge in [0, 0.05) is 28.7 Å². The highest BCUT2D eigenvalue weighted by Crippen LogP contribution is 2.34. The molecule has 5 nitrogen and oxygen atoms in total. The van der Waals surface area contributed by atoms with Crippen LogP contribution in [0.1, 0.15) is 37.3 Å². The fourth-order valence-corrected chi connectivity index (χ4v) is 5.39. The van der Waals surface area contributed by atoms with E-state index in [1.54, 1.807) is 24.3 Å². The van der Waals surface area contributed by atoms with E-state index in [4.69, 9.17) is 0 Å². The summed E-state index contributed by atoms with van der Waals surface area (Å²) in [6.07, 6.45) is 3.67. The number of carbonyl (C=O) groups is 1. The molecule has 0 aromatic heterocycles. The molecule has 0 bridgehead atoms. The molecule has 0 saturated heterocycles. The molecule has 0 spiro atoms. The standard InChI is InChI=1S/C21H23BrN2O3S/c1-14-12-16-13-17(22)5-10-20(16)24(14)21(25)11-4-15-2-8-19(9-3-15)28(26,27)23-18-6-7-18/h2-3,5,8-10,13-14,18,23H,4,6-7,11-12H2,1H3. The summed E-state index contributed by atoms with van der Waals surface area (Å²) >= 11 is 3.49. The number of anilines is 1. The minimum Gasteiger partial charge on any atom is -0.309 e. The monoisotopic (exact) mass is 462 g/mol. The van der Waals surface area contributed by atoms with Crippen LogP contribution in [0.2, 0.25) is 0 Å². The molecule has 28 heavy (non-hydrogen) atoms. The first-order valence-corrected chi connectivity index (χ1v) is 11.8. The van der Waals surface area contributed by atoms with Crippen molar-refractivity contribution in [2.24, 2.45) is 0 Å². The predicted molar refractivity (Wildman–Crippen MR) is 113 cm³/mol. The van der Waals surface area contributed by atoms with E-state index >= 15 is 0 Å². The van der Waals surface area contributed by atoms with Gasteiger partial charge in [0.1, 0.15) is 0 Å². The number of fused-ring (bicyclic) bond motifs is 1. The van der Waals surface area contributed by atoms with Crippen molar-refractivity contribution >= 4 is 37.5 Å². The number of rotatable bonds is 6. The molecule has 1 amide bonds. The van der Waals surface area contributed by atoms with Crippen molar-refractivity contribution in [3.8, 4) is 0 Å². The summed E-state index contributed by atoms with van der Waals surface area (Å²) in [5.74, 6) is 0.0978. The largest absolute Gasteiger partial charge is 0.309 e. The molecular weight excluding hydrogens is 440 g/mol. The van der Waals surface area contributed by atoms with Gasteiger partial charge in [-0.15, -0.1) is 0 Å². The summed E-state index contributed by atoms with van der Waals surface area (Å²) in [5, 5.41) is 0. The molecule has 148 valence electrons. The molecule has 1 saturated carbocycles. The quantitative estimate of drug-likeness (QED) is 0.709. The van der Waals surface area contributed by atoms with E-state index in [2.05, 4.69) is 33.6 Å². The summed E-state index contributed by atoms with van der Waals surface area (Å²) in [5.41, 5.74) is 3.14. The Balaban J connectivity index is 1.40. The fraction of sp³-hybridized carbons (Fsp3) is 0.381. The predicted octanol–water partition coefficient (Wildman–Crippen LogP) is 3.80. The molecule has 0 radical (unpaired) electrons. The van der Waals surface area contributed by atoms with Gasteiger partial charge in [-0.25, -0.2) is 13.1 Å². The average Bonchev–Trinajstić information content (AvgIpc) is 3.39. The third-order valence-electron chi connectivity index (χ3n) is 5.29. The van der Waals surface area contributed by atoms with Crippen molar-refractivity contribution < 1.29 is 13.2 Å². The fourth-order valence-electron chi connectivity index (χ4n) is 3.68. The molecule has 1 unspecified atom stereocenters. The molecular formula is C21H23BrN2O3S. The number of benzene rings is 2. The summed E-state index contributed by atoms with van der Waals surface area (Å²) in [7, 11) is -3.43. The maximum Gasteiger partial charge on any atom is 0.240 e. The van der Waals surface area contributed by atoms with E-state index in [0.29, 0.717) is 12.8 Å². The number of carbonyl (C=O) groups excluding carboxylic acids is 1. The lowest BCUT2D eigenvalue weighted by atomic mass is 10.1. The van der Waals surface area contributed by atoms with E-state index in [-0.39, 0.29) is 22.9 Å². The first kappa shape index (κ1) is 19.6. The van der Waals surface area contributed by atoms with Crippen LogP contribution in [0.25, 0.3) is 0 Å². The minimum absolute atomic E-state index is 0.0910. The summed E-state index contributed by atoms with van der Waals surface area (Å²) < 4.78 is 28.2. The highest BCUT2D eigenvalue weighted by Gasteiger charge is 2.31. The number of sulfonamides is 1. The molecule has 7 heteroatoms. The molecule has 2 aromatic rings. The second-order valence-corrected chi connectivity index (χ2v) is 10.3. The molecule has 1 heterocycles. The van der Waals surface area contributed by atoms with E-state index in [0.717, 1.165) is 35.0 Å². The number of aryl methyl sites for hydroxylation is 1. The Morgan fingerprint density at radius 3 is 2.57 bits per heavy atom. The first-order chi connectivity index (χ1) is 13.3. The molecule has 4 rings (SSSR count). The zero-order valence-corrected chi connectivity index (χ0v) is 18.1. The molecule has 2 aromatic carbocycles. The van der Waals surface area contributed by atoms with Crippen LogP contribution < -0.4 is 9.62 Å². The van der Waals surface area contributed by atoms with Crippen LogP contribution in [0, 0.1) is 0 Å². The lowest BCUT2D eigenvalue weighted by Crippen LogP contribution is -2.35. The molecule has 1 N–H and O–H groups in total. The molecule has 1 atom stereocenters. The van der Waals surface area contributed by atoms with Crippen molar-refractivity contribution in [2.75, 3.05) is 4.90 Å². The third-order valence-corrected chi connectivity index (χ3v) is 7.32. The van der Waals surface area contributed by atoms with Crippen molar-refractivity contribution in [1.29, 1.82) is 0 Å². The summed E-state index contributed by atoms with van der Waals surface area (Å²) in [6, 6.07) is 13.1. The number of nitrogens with zero attached hydrogens (tertiary/aromatic N) is 1. The number of amides is 1. The maximum absolute atomic E-state index is 12.8. The van der Waals surface area contributed by atoms with Crippen molar-refractivity contribution in [3.05, 3.63) is 58.1 Å². The number of hydrogen-bond acceptors (Lipinski definition) is 3. The van der Waals surface area contributed by atoms with E-state index in [1.165, 1.54) is 5.56 Å². The van der Waals surface area contributed by atoms with Crippen LogP contribution in [0.3, 0.4) is 0 Å². The van der Waals surface area contributed by atoms with Crippen LogP contribution in [-0.2, 0) is 27.7 Å². The molecule has 2 aliphatic rings. The first-order valence-electron chi connectivity index (χ1n) is 9.55.